The Morgan fingerprint density at radius 1 is 1.04 bits per heavy atom. The number of benzene rings is 1. The fraction of sp³-hybridized carbons (Fsp3) is 0.609. The quantitative estimate of drug-likeness (QED) is 0.161. The molecular formula is C23H37BBrO2P. The number of methoxy groups -OCH3 is 1. The van der Waals surface area contributed by atoms with Crippen molar-refractivity contribution in [1.82, 2.24) is 0 Å². The van der Waals surface area contributed by atoms with E-state index in [-0.39, 0.29) is 11.8 Å². The van der Waals surface area contributed by atoms with Crippen molar-refractivity contribution in [2.75, 3.05) is 25.6 Å². The van der Waals surface area contributed by atoms with E-state index in [1.54, 1.807) is 0 Å². The third-order valence-electron chi connectivity index (χ3n) is 5.19. The molecule has 0 amide bonds. The van der Waals surface area contributed by atoms with Gasteiger partial charge in [-0.2, -0.15) is 0 Å². The van der Waals surface area contributed by atoms with Crippen molar-refractivity contribution in [2.45, 2.75) is 65.1 Å². The lowest BCUT2D eigenvalue weighted by molar-refractivity contribution is -0.139. The molecule has 2 radical (unpaired) electrons. The lowest BCUT2D eigenvalue weighted by atomic mass is 9.85. The fourth-order valence-corrected chi connectivity index (χ4v) is 8.56. The largest absolute Gasteiger partial charge is 0.471 e. The summed E-state index contributed by atoms with van der Waals surface area (Å²) in [7, 11) is 0.218. The van der Waals surface area contributed by atoms with Gasteiger partial charge >= 0.3 is 0 Å². The first-order valence-corrected chi connectivity index (χ1v) is 13.9. The second-order valence-electron chi connectivity index (χ2n) is 7.56. The Kier molecular flexibility index (Phi) is 13.1. The van der Waals surface area contributed by atoms with Crippen LogP contribution in [0, 0.1) is 0 Å². The van der Waals surface area contributed by atoms with E-state index in [2.05, 4.69) is 61.9 Å². The predicted molar refractivity (Wildman–Crippen MR) is 131 cm³/mol. The Bertz CT molecular complexity index is 567. The molecule has 2 nitrogen and oxygen atoms in total. The van der Waals surface area contributed by atoms with Gasteiger partial charge in [0.1, 0.15) is 0 Å². The lowest BCUT2D eigenvalue weighted by Crippen LogP contribution is -2.23. The summed E-state index contributed by atoms with van der Waals surface area (Å²) in [4.78, 5) is 12.6. The van der Waals surface area contributed by atoms with E-state index in [0.29, 0.717) is 0 Å². The highest BCUT2D eigenvalue weighted by molar-refractivity contribution is 9.10. The standard InChI is InChI=1S/C23H37BBrO2P/c1-5-8-17-28(18-9-6-2,19-10-7-3)24-22(23(26)27-4)16-13-20-11-14-21(25)15-12-20/h11-16,22H,5-10,17-19H2,1-4H3/b16-13+. The van der Waals surface area contributed by atoms with Crippen LogP contribution in [-0.4, -0.2) is 38.6 Å². The molecule has 156 valence electrons. The summed E-state index contributed by atoms with van der Waals surface area (Å²) in [6, 6.07) is 8.17. The van der Waals surface area contributed by atoms with Gasteiger partial charge in [-0.25, -0.2) is 7.14 Å². The molecule has 0 aliphatic rings. The minimum absolute atomic E-state index is 0.137. The van der Waals surface area contributed by atoms with Gasteiger partial charge in [-0.3, -0.25) is 4.79 Å². The number of esters is 1. The molecule has 1 atom stereocenters. The number of hydrogen-bond donors (Lipinski definition) is 0. The number of rotatable bonds is 14. The van der Waals surface area contributed by atoms with E-state index < -0.39 is 7.14 Å². The topological polar surface area (TPSA) is 26.3 Å². The van der Waals surface area contributed by atoms with Crippen molar-refractivity contribution < 1.29 is 9.53 Å². The van der Waals surface area contributed by atoms with Crippen LogP contribution in [0.3, 0.4) is 0 Å². The number of unbranched alkanes of at least 4 members (excludes halogenated alkanes) is 3. The van der Waals surface area contributed by atoms with E-state index in [9.17, 15) is 4.79 Å². The van der Waals surface area contributed by atoms with E-state index >= 15 is 0 Å². The van der Waals surface area contributed by atoms with Gasteiger partial charge < -0.3 is 4.74 Å². The molecular weight excluding hydrogens is 430 g/mol. The lowest BCUT2D eigenvalue weighted by Gasteiger charge is -2.42. The van der Waals surface area contributed by atoms with Gasteiger partial charge in [0.2, 0.25) is 0 Å². The first-order valence-electron chi connectivity index (χ1n) is 10.7. The highest BCUT2D eigenvalue weighted by Crippen LogP contribution is 2.61. The number of ether oxygens (including phenoxy) is 1. The minimum atomic E-state index is -1.28. The van der Waals surface area contributed by atoms with Crippen molar-refractivity contribution >= 4 is 42.1 Å². The summed E-state index contributed by atoms with van der Waals surface area (Å²) in [6.45, 7) is 9.22. The third-order valence-corrected chi connectivity index (χ3v) is 10.3. The zero-order valence-corrected chi connectivity index (χ0v) is 20.6. The maximum atomic E-state index is 12.6. The summed E-state index contributed by atoms with van der Waals surface area (Å²) in [5.74, 6) is -0.394. The molecule has 0 heterocycles. The molecule has 0 spiro atoms. The number of carbonyl (C=O) groups is 1. The first kappa shape index (κ1) is 25.4. The SMILES string of the molecule is CCCC[P+]([B-]C(/C=C/c1ccc(Br)cc1)C(=O)OC)(CCCC)CCCC. The molecule has 0 saturated carbocycles. The van der Waals surface area contributed by atoms with Gasteiger partial charge in [-0.05, 0) is 37.0 Å². The molecule has 0 bridgehead atoms. The van der Waals surface area contributed by atoms with E-state index in [1.165, 1.54) is 64.1 Å². The Balaban J connectivity index is 3.08. The average Bonchev–Trinajstić information content (AvgIpc) is 2.72. The molecule has 0 saturated heterocycles. The molecule has 0 N–H and O–H groups in total. The fourth-order valence-electron chi connectivity index (χ4n) is 3.43. The second-order valence-corrected chi connectivity index (χ2v) is 12.6. The average molecular weight is 467 g/mol. The van der Waals surface area contributed by atoms with E-state index in [0.717, 1.165) is 10.0 Å². The number of carbonyl (C=O) groups excluding carboxylic acids is 1. The Hall–Kier alpha value is -0.595. The van der Waals surface area contributed by atoms with Crippen LogP contribution in [0.15, 0.2) is 34.8 Å². The van der Waals surface area contributed by atoms with Crippen molar-refractivity contribution in [1.29, 1.82) is 0 Å². The Morgan fingerprint density at radius 2 is 1.54 bits per heavy atom. The maximum absolute atomic E-state index is 12.6. The Labute approximate surface area is 182 Å². The van der Waals surface area contributed by atoms with Crippen LogP contribution in [0.5, 0.6) is 0 Å². The molecule has 1 aromatic rings. The van der Waals surface area contributed by atoms with Crippen LogP contribution < -0.4 is 0 Å². The van der Waals surface area contributed by atoms with E-state index in [4.69, 9.17) is 4.74 Å². The van der Waals surface area contributed by atoms with Crippen LogP contribution in [-0.2, 0) is 9.53 Å². The van der Waals surface area contributed by atoms with Gasteiger partial charge in [0.05, 0.1) is 7.11 Å². The van der Waals surface area contributed by atoms with Crippen LogP contribution >= 0.6 is 23.1 Å². The van der Waals surface area contributed by atoms with Gasteiger partial charge in [-0.1, -0.05) is 87.0 Å². The normalized spacial score (nSPS) is 13.0. The van der Waals surface area contributed by atoms with Gasteiger partial charge in [0, 0.05) is 23.0 Å². The maximum Gasteiger partial charge on any atom is 0.274 e. The van der Waals surface area contributed by atoms with Crippen molar-refractivity contribution in [2.24, 2.45) is 0 Å². The van der Waals surface area contributed by atoms with Crippen molar-refractivity contribution in [3.63, 3.8) is 0 Å². The van der Waals surface area contributed by atoms with Gasteiger partial charge in [0.15, 0.2) is 0 Å². The van der Waals surface area contributed by atoms with Crippen molar-refractivity contribution in [3.05, 3.63) is 40.4 Å². The highest BCUT2D eigenvalue weighted by atomic mass is 79.9. The summed E-state index contributed by atoms with van der Waals surface area (Å²) < 4.78 is 6.23. The molecule has 0 aromatic heterocycles. The smallest absolute Gasteiger partial charge is 0.274 e. The van der Waals surface area contributed by atoms with E-state index in [1.807, 2.05) is 18.2 Å². The monoisotopic (exact) mass is 466 g/mol. The van der Waals surface area contributed by atoms with Gasteiger partial charge in [0.25, 0.3) is 5.97 Å². The third kappa shape index (κ3) is 9.27. The number of halogens is 1. The summed E-state index contributed by atoms with van der Waals surface area (Å²) >= 11 is 3.47. The molecule has 0 fully saturated rings. The molecule has 5 heteroatoms. The van der Waals surface area contributed by atoms with Crippen LogP contribution in [0.2, 0.25) is 5.82 Å². The summed E-state index contributed by atoms with van der Waals surface area (Å²) in [6.07, 6.45) is 15.3. The summed E-state index contributed by atoms with van der Waals surface area (Å²) in [5, 5.41) is 0. The van der Waals surface area contributed by atoms with Crippen LogP contribution in [0.1, 0.15) is 64.9 Å². The molecule has 1 rings (SSSR count). The molecule has 1 unspecified atom stereocenters. The first-order chi connectivity index (χ1) is 13.5. The zero-order valence-electron chi connectivity index (χ0n) is 18.1. The van der Waals surface area contributed by atoms with Crippen LogP contribution in [0.4, 0.5) is 0 Å². The van der Waals surface area contributed by atoms with Crippen molar-refractivity contribution in [3.8, 4) is 0 Å². The minimum Gasteiger partial charge on any atom is -0.471 e. The number of hydrogen-bond acceptors (Lipinski definition) is 2. The predicted octanol–water partition coefficient (Wildman–Crippen LogP) is 7.46. The second kappa shape index (κ2) is 14.4. The molecule has 1 aromatic carbocycles. The highest BCUT2D eigenvalue weighted by Gasteiger charge is 2.28. The molecule has 0 aliphatic carbocycles. The molecule has 28 heavy (non-hydrogen) atoms. The van der Waals surface area contributed by atoms with Gasteiger partial charge in [-0.15, -0.1) is 6.08 Å². The summed E-state index contributed by atoms with van der Waals surface area (Å²) in [5.41, 5.74) is 1.10. The zero-order chi connectivity index (χ0) is 20.8. The van der Waals surface area contributed by atoms with Crippen LogP contribution in [0.25, 0.3) is 6.08 Å². The molecule has 0 aliphatic heterocycles. The Morgan fingerprint density at radius 3 is 1.96 bits per heavy atom.